The van der Waals surface area contributed by atoms with Gasteiger partial charge in [0.05, 0.1) is 5.56 Å². The van der Waals surface area contributed by atoms with Gasteiger partial charge in [-0.1, -0.05) is 67.6 Å². The van der Waals surface area contributed by atoms with Crippen LogP contribution in [0.5, 0.6) is 5.75 Å². The molecule has 3 aromatic rings. The number of hydrogen-bond acceptors (Lipinski definition) is 2. The summed E-state index contributed by atoms with van der Waals surface area (Å²) < 4.78 is 6.11. The fraction of sp³-hybridized carbons (Fsp3) is 0.182. The van der Waals surface area contributed by atoms with Crippen LogP contribution in [0.25, 0.3) is 16.5 Å². The highest BCUT2D eigenvalue weighted by atomic mass is 16.5. The predicted octanol–water partition coefficient (Wildman–Crippen LogP) is 5.70. The first-order valence-electron chi connectivity index (χ1n) is 8.41. The van der Waals surface area contributed by atoms with Crippen LogP contribution in [0.2, 0.25) is 0 Å². The lowest BCUT2D eigenvalue weighted by Crippen LogP contribution is -2.17. The lowest BCUT2D eigenvalue weighted by molar-refractivity contribution is 0.325. The molecule has 2 heteroatoms. The monoisotopic (exact) mass is 316 g/mol. The molecule has 0 spiro atoms. The minimum atomic E-state index is 0.172. The third kappa shape index (κ3) is 2.35. The molecular formula is C22H20O2. The lowest BCUT2D eigenvalue weighted by Gasteiger charge is -2.27. The summed E-state index contributed by atoms with van der Waals surface area (Å²) in [6.45, 7) is 2.58. The maximum Gasteiger partial charge on any atom is 0.138 e. The summed E-state index contributed by atoms with van der Waals surface area (Å²) in [6, 6.07) is 22.5. The van der Waals surface area contributed by atoms with Gasteiger partial charge in [0.2, 0.25) is 0 Å². The third-order valence-corrected chi connectivity index (χ3v) is 4.84. The zero-order valence-electron chi connectivity index (χ0n) is 13.7. The molecule has 4 rings (SSSR count). The van der Waals surface area contributed by atoms with Crippen LogP contribution in [0.1, 0.15) is 30.4 Å². The Morgan fingerprint density at radius 3 is 2.50 bits per heavy atom. The van der Waals surface area contributed by atoms with Crippen LogP contribution in [0.3, 0.4) is 0 Å². The minimum Gasteiger partial charge on any atom is -0.507 e. The van der Waals surface area contributed by atoms with Crippen LogP contribution in [0.4, 0.5) is 0 Å². The van der Waals surface area contributed by atoms with Crippen molar-refractivity contribution in [3.63, 3.8) is 0 Å². The van der Waals surface area contributed by atoms with Gasteiger partial charge in [0, 0.05) is 16.9 Å². The molecule has 1 unspecified atom stereocenters. The number of rotatable bonds is 3. The zero-order chi connectivity index (χ0) is 16.5. The van der Waals surface area contributed by atoms with Crippen molar-refractivity contribution < 1.29 is 9.84 Å². The van der Waals surface area contributed by atoms with Crippen LogP contribution in [0, 0.1) is 0 Å². The maximum atomic E-state index is 10.9. The van der Waals surface area contributed by atoms with Crippen LogP contribution in [-0.4, -0.2) is 11.7 Å². The van der Waals surface area contributed by atoms with Gasteiger partial charge in [0.25, 0.3) is 0 Å². The topological polar surface area (TPSA) is 29.5 Å². The molecule has 0 amide bonds. The first-order chi connectivity index (χ1) is 11.8. The van der Waals surface area contributed by atoms with Gasteiger partial charge in [-0.25, -0.2) is 0 Å². The molecule has 24 heavy (non-hydrogen) atoms. The molecule has 1 aliphatic heterocycles. The maximum absolute atomic E-state index is 10.9. The van der Waals surface area contributed by atoms with E-state index in [9.17, 15) is 5.11 Å². The number of benzene rings is 3. The average Bonchev–Trinajstić information content (AvgIpc) is 2.65. The largest absolute Gasteiger partial charge is 0.507 e. The van der Waals surface area contributed by atoms with Crippen molar-refractivity contribution in [3.8, 4) is 5.75 Å². The van der Waals surface area contributed by atoms with Gasteiger partial charge in [0.15, 0.2) is 0 Å². The molecular weight excluding hydrogens is 296 g/mol. The second-order valence-electron chi connectivity index (χ2n) is 6.20. The molecule has 0 bridgehead atoms. The van der Waals surface area contributed by atoms with E-state index in [0.29, 0.717) is 12.4 Å². The fourth-order valence-corrected chi connectivity index (χ4v) is 3.61. The van der Waals surface area contributed by atoms with E-state index < -0.39 is 0 Å². The van der Waals surface area contributed by atoms with E-state index in [1.54, 1.807) is 0 Å². The molecule has 1 aliphatic rings. The first-order valence-corrected chi connectivity index (χ1v) is 8.41. The molecule has 0 fully saturated rings. The van der Waals surface area contributed by atoms with Gasteiger partial charge < -0.3 is 9.84 Å². The van der Waals surface area contributed by atoms with Gasteiger partial charge in [0.1, 0.15) is 18.1 Å². The fourth-order valence-electron chi connectivity index (χ4n) is 3.61. The highest BCUT2D eigenvalue weighted by molar-refractivity contribution is 5.93. The molecule has 3 aromatic carbocycles. The highest BCUT2D eigenvalue weighted by Crippen LogP contribution is 2.42. The molecule has 1 heterocycles. The summed E-state index contributed by atoms with van der Waals surface area (Å²) in [6.07, 6.45) is 0.926. The molecule has 1 N–H and O–H groups in total. The SMILES string of the molecule is CCC(C1=C(O)c2ccc3ccccc3c2OC1)c1ccccc1. The molecule has 0 aromatic heterocycles. The summed E-state index contributed by atoms with van der Waals surface area (Å²) in [7, 11) is 0. The van der Waals surface area contributed by atoms with Crippen LogP contribution in [0.15, 0.2) is 72.3 Å². The molecule has 0 aliphatic carbocycles. The van der Waals surface area contributed by atoms with Crippen LogP contribution in [-0.2, 0) is 0 Å². The number of aliphatic hydroxyl groups is 1. The van der Waals surface area contributed by atoms with Crippen molar-refractivity contribution in [2.45, 2.75) is 19.3 Å². The van der Waals surface area contributed by atoms with Crippen molar-refractivity contribution in [1.82, 2.24) is 0 Å². The van der Waals surface area contributed by atoms with Gasteiger partial charge in [-0.2, -0.15) is 0 Å². The Hall–Kier alpha value is -2.74. The van der Waals surface area contributed by atoms with Crippen molar-refractivity contribution in [3.05, 3.63) is 83.4 Å². The second kappa shape index (κ2) is 6.04. The van der Waals surface area contributed by atoms with Crippen molar-refractivity contribution >= 4 is 16.5 Å². The summed E-state index contributed by atoms with van der Waals surface area (Å²) in [5.41, 5.74) is 2.98. The van der Waals surface area contributed by atoms with Gasteiger partial charge in [-0.05, 0) is 23.4 Å². The predicted molar refractivity (Wildman–Crippen MR) is 98.5 cm³/mol. The van der Waals surface area contributed by atoms with E-state index in [-0.39, 0.29) is 5.92 Å². The normalized spacial score (nSPS) is 15.0. The van der Waals surface area contributed by atoms with E-state index in [4.69, 9.17) is 4.74 Å². The molecule has 0 saturated carbocycles. The van der Waals surface area contributed by atoms with Crippen molar-refractivity contribution in [1.29, 1.82) is 0 Å². The number of fused-ring (bicyclic) bond motifs is 3. The summed E-state index contributed by atoms with van der Waals surface area (Å²) >= 11 is 0. The van der Waals surface area contributed by atoms with Gasteiger partial charge in [-0.3, -0.25) is 0 Å². The van der Waals surface area contributed by atoms with E-state index in [2.05, 4.69) is 25.1 Å². The molecule has 0 saturated heterocycles. The van der Waals surface area contributed by atoms with E-state index in [1.807, 2.05) is 48.5 Å². The Morgan fingerprint density at radius 1 is 0.958 bits per heavy atom. The summed E-state index contributed by atoms with van der Waals surface area (Å²) in [5.74, 6) is 1.33. The molecule has 120 valence electrons. The standard InChI is InChI=1S/C22H20O2/c1-2-17(15-8-4-3-5-9-15)20-14-24-22-18-11-7-6-10-16(18)12-13-19(22)21(20)23/h3-13,17,23H,2,14H2,1H3. The Labute approximate surface area is 142 Å². The quantitative estimate of drug-likeness (QED) is 0.672. The smallest absolute Gasteiger partial charge is 0.138 e. The number of aliphatic hydroxyl groups excluding tert-OH is 1. The molecule has 1 atom stereocenters. The van der Waals surface area contributed by atoms with Gasteiger partial charge >= 0.3 is 0 Å². The Bertz CT molecular complexity index is 910. The van der Waals surface area contributed by atoms with Crippen molar-refractivity contribution in [2.75, 3.05) is 6.61 Å². The zero-order valence-corrected chi connectivity index (χ0v) is 13.7. The molecule has 0 radical (unpaired) electrons. The number of ether oxygens (including phenoxy) is 1. The summed E-state index contributed by atoms with van der Waals surface area (Å²) in [4.78, 5) is 0. The van der Waals surface area contributed by atoms with Crippen LogP contribution < -0.4 is 4.74 Å². The second-order valence-corrected chi connectivity index (χ2v) is 6.20. The minimum absolute atomic E-state index is 0.172. The van der Waals surface area contributed by atoms with Gasteiger partial charge in [-0.15, -0.1) is 0 Å². The first kappa shape index (κ1) is 14.8. The van der Waals surface area contributed by atoms with E-state index >= 15 is 0 Å². The summed E-state index contributed by atoms with van der Waals surface area (Å²) in [5, 5.41) is 13.1. The van der Waals surface area contributed by atoms with Crippen LogP contribution >= 0.6 is 0 Å². The van der Waals surface area contributed by atoms with Crippen molar-refractivity contribution in [2.24, 2.45) is 0 Å². The Kier molecular flexibility index (Phi) is 3.73. The number of hydrogen-bond donors (Lipinski definition) is 1. The highest BCUT2D eigenvalue weighted by Gasteiger charge is 2.27. The molecule has 2 nitrogen and oxygen atoms in total. The van der Waals surface area contributed by atoms with E-state index in [1.165, 1.54) is 5.56 Å². The average molecular weight is 316 g/mol. The lowest BCUT2D eigenvalue weighted by atomic mass is 9.86. The Morgan fingerprint density at radius 2 is 1.71 bits per heavy atom. The third-order valence-electron chi connectivity index (χ3n) is 4.84. The Balaban J connectivity index is 1.85. The van der Waals surface area contributed by atoms with E-state index in [0.717, 1.165) is 34.1 Å².